The molecule has 29 heavy (non-hydrogen) atoms. The molecule has 3 fully saturated rings. The van der Waals surface area contributed by atoms with Crippen molar-refractivity contribution in [3.8, 4) is 5.75 Å². The van der Waals surface area contributed by atoms with Crippen LogP contribution in [0.2, 0.25) is 0 Å². The molecule has 1 aliphatic carbocycles. The number of hydrogen-bond acceptors (Lipinski definition) is 4. The SMILES string of the molecule is COc1cccc(C(=O)N2CCCN3C(=O)N(C4CCCCC4)C(=O)C3C2)c1C. The van der Waals surface area contributed by atoms with Crippen molar-refractivity contribution in [2.75, 3.05) is 26.7 Å². The zero-order chi connectivity index (χ0) is 20.5. The van der Waals surface area contributed by atoms with E-state index in [1.165, 1.54) is 11.3 Å². The van der Waals surface area contributed by atoms with Gasteiger partial charge in [0.2, 0.25) is 0 Å². The van der Waals surface area contributed by atoms with Crippen LogP contribution in [-0.4, -0.2) is 71.4 Å². The first-order valence-electron chi connectivity index (χ1n) is 10.6. The van der Waals surface area contributed by atoms with Crippen molar-refractivity contribution in [1.82, 2.24) is 14.7 Å². The Hall–Kier alpha value is -2.57. The molecule has 1 aromatic carbocycles. The van der Waals surface area contributed by atoms with Gasteiger partial charge >= 0.3 is 6.03 Å². The van der Waals surface area contributed by atoms with Gasteiger partial charge in [0.05, 0.1) is 13.7 Å². The van der Waals surface area contributed by atoms with Crippen molar-refractivity contribution >= 4 is 17.8 Å². The smallest absolute Gasteiger partial charge is 0.327 e. The molecule has 156 valence electrons. The second kappa shape index (κ2) is 8.05. The summed E-state index contributed by atoms with van der Waals surface area (Å²) in [5, 5.41) is 0. The number of nitrogens with zero attached hydrogens (tertiary/aromatic N) is 3. The number of urea groups is 1. The Morgan fingerprint density at radius 2 is 1.83 bits per heavy atom. The minimum atomic E-state index is -0.568. The number of carbonyl (C=O) groups excluding carboxylic acids is 3. The Morgan fingerprint density at radius 1 is 1.07 bits per heavy atom. The molecule has 7 heteroatoms. The summed E-state index contributed by atoms with van der Waals surface area (Å²) in [7, 11) is 1.59. The molecule has 7 nitrogen and oxygen atoms in total. The van der Waals surface area contributed by atoms with Crippen LogP contribution in [0, 0.1) is 6.92 Å². The highest BCUT2D eigenvalue weighted by Gasteiger charge is 2.49. The quantitative estimate of drug-likeness (QED) is 0.733. The van der Waals surface area contributed by atoms with Crippen LogP contribution in [0.15, 0.2) is 18.2 Å². The van der Waals surface area contributed by atoms with Gasteiger partial charge in [0.25, 0.3) is 11.8 Å². The summed E-state index contributed by atoms with van der Waals surface area (Å²) in [6.45, 7) is 3.17. The summed E-state index contributed by atoms with van der Waals surface area (Å²) in [5.41, 5.74) is 1.37. The molecule has 2 heterocycles. The van der Waals surface area contributed by atoms with E-state index in [-0.39, 0.29) is 30.4 Å². The number of carbonyl (C=O) groups is 3. The number of fused-ring (bicyclic) bond motifs is 1. The van der Waals surface area contributed by atoms with Gasteiger partial charge in [-0.2, -0.15) is 0 Å². The van der Waals surface area contributed by atoms with E-state index in [0.717, 1.165) is 31.2 Å². The van der Waals surface area contributed by atoms with Crippen molar-refractivity contribution < 1.29 is 19.1 Å². The average Bonchev–Trinajstić information content (AvgIpc) is 2.89. The van der Waals surface area contributed by atoms with E-state index >= 15 is 0 Å². The van der Waals surface area contributed by atoms with E-state index in [1.54, 1.807) is 29.0 Å². The van der Waals surface area contributed by atoms with Gasteiger partial charge in [0.1, 0.15) is 11.8 Å². The normalized spacial score (nSPS) is 23.2. The van der Waals surface area contributed by atoms with Crippen LogP contribution in [0.3, 0.4) is 0 Å². The first kappa shape index (κ1) is 19.7. The Labute approximate surface area is 171 Å². The Kier molecular flexibility index (Phi) is 5.48. The van der Waals surface area contributed by atoms with Crippen molar-refractivity contribution in [3.63, 3.8) is 0 Å². The van der Waals surface area contributed by atoms with Crippen LogP contribution in [0.1, 0.15) is 54.4 Å². The third kappa shape index (κ3) is 3.47. The molecule has 0 N–H and O–H groups in total. The lowest BCUT2D eigenvalue weighted by molar-refractivity contribution is -0.130. The van der Waals surface area contributed by atoms with Gasteiger partial charge in [-0.1, -0.05) is 25.3 Å². The number of methoxy groups -OCH3 is 1. The lowest BCUT2D eigenvalue weighted by Crippen LogP contribution is -2.45. The summed E-state index contributed by atoms with van der Waals surface area (Å²) >= 11 is 0. The fourth-order valence-electron chi connectivity index (χ4n) is 4.92. The monoisotopic (exact) mass is 399 g/mol. The lowest BCUT2D eigenvalue weighted by Gasteiger charge is -2.29. The topological polar surface area (TPSA) is 70.2 Å². The molecule has 4 rings (SSSR count). The molecule has 4 amide bonds. The van der Waals surface area contributed by atoms with E-state index in [9.17, 15) is 14.4 Å². The zero-order valence-electron chi connectivity index (χ0n) is 17.2. The maximum atomic E-state index is 13.2. The minimum Gasteiger partial charge on any atom is -0.496 e. The molecule has 1 aromatic rings. The van der Waals surface area contributed by atoms with Crippen molar-refractivity contribution in [3.05, 3.63) is 29.3 Å². The summed E-state index contributed by atoms with van der Waals surface area (Å²) in [6.07, 6.45) is 5.75. The molecule has 0 radical (unpaired) electrons. The third-order valence-electron chi connectivity index (χ3n) is 6.53. The fourth-order valence-corrected chi connectivity index (χ4v) is 4.92. The molecule has 1 unspecified atom stereocenters. The Morgan fingerprint density at radius 3 is 2.55 bits per heavy atom. The predicted molar refractivity (Wildman–Crippen MR) is 108 cm³/mol. The highest BCUT2D eigenvalue weighted by atomic mass is 16.5. The van der Waals surface area contributed by atoms with Crippen LogP contribution >= 0.6 is 0 Å². The van der Waals surface area contributed by atoms with Crippen LogP contribution in [0.5, 0.6) is 5.75 Å². The number of hydrogen-bond donors (Lipinski definition) is 0. The van der Waals surface area contributed by atoms with Crippen molar-refractivity contribution in [2.24, 2.45) is 0 Å². The Bertz CT molecular complexity index is 818. The maximum absolute atomic E-state index is 13.2. The summed E-state index contributed by atoms with van der Waals surface area (Å²) in [5.74, 6) is 0.423. The van der Waals surface area contributed by atoms with Crippen LogP contribution in [-0.2, 0) is 4.79 Å². The van der Waals surface area contributed by atoms with E-state index < -0.39 is 6.04 Å². The van der Waals surface area contributed by atoms with Gasteiger partial charge in [-0.25, -0.2) is 4.79 Å². The second-order valence-corrected chi connectivity index (χ2v) is 8.23. The van der Waals surface area contributed by atoms with E-state index in [0.29, 0.717) is 30.8 Å². The van der Waals surface area contributed by atoms with Gasteiger partial charge in [-0.05, 0) is 38.3 Å². The molecule has 1 atom stereocenters. The first-order valence-corrected chi connectivity index (χ1v) is 10.6. The molecular formula is C22H29N3O4. The van der Waals surface area contributed by atoms with E-state index in [4.69, 9.17) is 4.74 Å². The molecule has 0 aromatic heterocycles. The number of rotatable bonds is 3. The van der Waals surface area contributed by atoms with Crippen LogP contribution in [0.4, 0.5) is 4.79 Å². The maximum Gasteiger partial charge on any atom is 0.327 e. The second-order valence-electron chi connectivity index (χ2n) is 8.23. The molecular weight excluding hydrogens is 370 g/mol. The number of benzene rings is 1. The minimum absolute atomic E-state index is 0.0143. The van der Waals surface area contributed by atoms with Gasteiger partial charge in [0.15, 0.2) is 0 Å². The van der Waals surface area contributed by atoms with Gasteiger partial charge in [-0.15, -0.1) is 0 Å². The standard InChI is InChI=1S/C22H29N3O4/c1-15-17(10-6-11-19(15)29-2)20(26)23-12-7-13-24-18(14-23)21(27)25(22(24)28)16-8-4-3-5-9-16/h6,10-11,16,18H,3-5,7-9,12-14H2,1-2H3. The third-order valence-corrected chi connectivity index (χ3v) is 6.53. The number of amides is 4. The summed E-state index contributed by atoms with van der Waals surface area (Å²) in [4.78, 5) is 44.3. The van der Waals surface area contributed by atoms with Crippen LogP contribution < -0.4 is 4.74 Å². The van der Waals surface area contributed by atoms with E-state index in [2.05, 4.69) is 0 Å². The first-order chi connectivity index (χ1) is 14.0. The summed E-state index contributed by atoms with van der Waals surface area (Å²) < 4.78 is 5.35. The number of imide groups is 1. The molecule has 1 saturated carbocycles. The molecule has 0 spiro atoms. The predicted octanol–water partition coefficient (Wildman–Crippen LogP) is 2.82. The summed E-state index contributed by atoms with van der Waals surface area (Å²) in [6, 6.07) is 4.70. The highest BCUT2D eigenvalue weighted by molar-refractivity contribution is 6.05. The average molecular weight is 399 g/mol. The molecule has 3 aliphatic rings. The van der Waals surface area contributed by atoms with E-state index in [1.807, 2.05) is 13.0 Å². The number of ether oxygens (including phenoxy) is 1. The molecule has 0 bridgehead atoms. The fraction of sp³-hybridized carbons (Fsp3) is 0.591. The van der Waals surface area contributed by atoms with Gasteiger partial charge in [0, 0.05) is 30.3 Å². The molecule has 2 aliphatic heterocycles. The molecule has 2 saturated heterocycles. The highest BCUT2D eigenvalue weighted by Crippen LogP contribution is 2.31. The van der Waals surface area contributed by atoms with Crippen molar-refractivity contribution in [2.45, 2.75) is 57.5 Å². The Balaban J connectivity index is 1.55. The van der Waals surface area contributed by atoms with Gasteiger partial charge < -0.3 is 14.5 Å². The largest absolute Gasteiger partial charge is 0.496 e. The van der Waals surface area contributed by atoms with Gasteiger partial charge in [-0.3, -0.25) is 14.5 Å². The zero-order valence-corrected chi connectivity index (χ0v) is 17.2. The lowest BCUT2D eigenvalue weighted by atomic mass is 9.94. The van der Waals surface area contributed by atoms with Crippen molar-refractivity contribution in [1.29, 1.82) is 0 Å². The van der Waals surface area contributed by atoms with Crippen LogP contribution in [0.25, 0.3) is 0 Å².